The molecule has 4 aromatic rings. The molecule has 2 aliphatic rings. The molecule has 41 heavy (non-hydrogen) atoms. The number of carbonyl (C=O) groups excluding carboxylic acids is 1. The van der Waals surface area contributed by atoms with E-state index < -0.39 is 11.7 Å². The first-order valence-corrected chi connectivity index (χ1v) is 13.2. The summed E-state index contributed by atoms with van der Waals surface area (Å²) in [6.07, 6.45) is 3.97. The Bertz CT molecular complexity index is 1720. The zero-order valence-electron chi connectivity index (χ0n) is 23.0. The lowest BCUT2D eigenvalue weighted by molar-refractivity contribution is -0.129. The van der Waals surface area contributed by atoms with Gasteiger partial charge in [-0.2, -0.15) is 0 Å². The Morgan fingerprint density at radius 3 is 2.63 bits per heavy atom. The number of nitrogens with zero attached hydrogens (tertiary/aromatic N) is 1. The van der Waals surface area contributed by atoms with E-state index in [4.69, 9.17) is 28.1 Å². The van der Waals surface area contributed by atoms with E-state index in [2.05, 4.69) is 0 Å². The van der Waals surface area contributed by atoms with E-state index in [0.717, 1.165) is 27.6 Å². The third kappa shape index (κ3) is 5.18. The molecule has 210 valence electrons. The van der Waals surface area contributed by atoms with Crippen molar-refractivity contribution in [2.45, 2.75) is 19.4 Å². The van der Waals surface area contributed by atoms with Crippen molar-refractivity contribution in [3.05, 3.63) is 93.3 Å². The average molecular weight is 556 g/mol. The highest BCUT2D eigenvalue weighted by atomic mass is 16.7. The van der Waals surface area contributed by atoms with Crippen LogP contribution in [-0.2, 0) is 11.2 Å². The van der Waals surface area contributed by atoms with Gasteiger partial charge in [0, 0.05) is 30.1 Å². The molecule has 0 radical (unpaired) electrons. The van der Waals surface area contributed by atoms with E-state index in [-0.39, 0.29) is 19.3 Å². The minimum Gasteiger partial charge on any atom is -0.493 e. The molecule has 1 aromatic heterocycles. The number of fused-ring (bicyclic) bond motifs is 3. The first-order chi connectivity index (χ1) is 19.9. The lowest BCUT2D eigenvalue weighted by Crippen LogP contribution is -2.41. The number of amides is 1. The topological polar surface area (TPSA) is 96.7 Å². The van der Waals surface area contributed by atoms with Crippen molar-refractivity contribution in [1.29, 1.82) is 0 Å². The third-order valence-corrected chi connectivity index (χ3v) is 7.43. The number of benzene rings is 3. The molecule has 1 amide bonds. The summed E-state index contributed by atoms with van der Waals surface area (Å²) in [4.78, 5) is 27.3. The van der Waals surface area contributed by atoms with Gasteiger partial charge in [0.1, 0.15) is 17.9 Å². The maximum atomic E-state index is 13.6. The fraction of sp³-hybridized carbons (Fsp3) is 0.250. The van der Waals surface area contributed by atoms with E-state index in [9.17, 15) is 9.59 Å². The summed E-state index contributed by atoms with van der Waals surface area (Å²) in [6.45, 7) is 2.72. The molecule has 9 nitrogen and oxygen atoms in total. The fourth-order valence-electron chi connectivity index (χ4n) is 5.32. The van der Waals surface area contributed by atoms with Gasteiger partial charge in [0.2, 0.25) is 12.7 Å². The van der Waals surface area contributed by atoms with Gasteiger partial charge < -0.3 is 33.0 Å². The van der Waals surface area contributed by atoms with Gasteiger partial charge in [-0.15, -0.1) is 0 Å². The molecule has 0 bridgehead atoms. The van der Waals surface area contributed by atoms with Crippen LogP contribution in [0.1, 0.15) is 28.3 Å². The third-order valence-electron chi connectivity index (χ3n) is 7.43. The molecule has 3 heterocycles. The summed E-state index contributed by atoms with van der Waals surface area (Å²) in [5, 5.41) is 0.835. The first-order valence-electron chi connectivity index (χ1n) is 13.2. The lowest BCUT2D eigenvalue weighted by atomic mass is 9.92. The summed E-state index contributed by atoms with van der Waals surface area (Å²) in [6, 6.07) is 15.9. The van der Waals surface area contributed by atoms with Gasteiger partial charge in [0.05, 0.1) is 20.3 Å². The molecule has 6 rings (SSSR count). The number of aryl methyl sites for hydroxylation is 1. The number of hydrogen-bond acceptors (Lipinski definition) is 8. The van der Waals surface area contributed by atoms with Gasteiger partial charge in [-0.25, -0.2) is 4.79 Å². The van der Waals surface area contributed by atoms with E-state index in [1.807, 2.05) is 49.4 Å². The van der Waals surface area contributed by atoms with Crippen LogP contribution in [0.15, 0.2) is 69.9 Å². The smallest absolute Gasteiger partial charge is 0.336 e. The summed E-state index contributed by atoms with van der Waals surface area (Å²) < 4.78 is 33.6. The number of ether oxygens (including phenoxy) is 5. The molecule has 0 saturated carbocycles. The molecule has 0 N–H and O–H groups in total. The molecule has 0 aliphatic carbocycles. The lowest BCUT2D eigenvalue weighted by Gasteiger charge is -2.37. The number of carbonyl (C=O) groups is 1. The molecular weight excluding hydrogens is 526 g/mol. The van der Waals surface area contributed by atoms with Crippen molar-refractivity contribution in [1.82, 2.24) is 4.90 Å². The van der Waals surface area contributed by atoms with Crippen molar-refractivity contribution < 1.29 is 32.9 Å². The summed E-state index contributed by atoms with van der Waals surface area (Å²) in [7, 11) is 3.19. The second-order valence-corrected chi connectivity index (χ2v) is 9.87. The Hall–Kier alpha value is -4.92. The van der Waals surface area contributed by atoms with Crippen LogP contribution in [0, 0.1) is 6.92 Å². The van der Waals surface area contributed by atoms with Crippen molar-refractivity contribution in [3.63, 3.8) is 0 Å². The van der Waals surface area contributed by atoms with Gasteiger partial charge in [0.15, 0.2) is 23.0 Å². The normalized spacial score (nSPS) is 15.7. The van der Waals surface area contributed by atoms with Crippen LogP contribution < -0.4 is 29.3 Å². The monoisotopic (exact) mass is 555 g/mol. The summed E-state index contributed by atoms with van der Waals surface area (Å²) in [5.74, 6) is 2.92. The minimum absolute atomic E-state index is 0.156. The minimum atomic E-state index is -0.416. The summed E-state index contributed by atoms with van der Waals surface area (Å²) >= 11 is 0. The molecule has 3 aromatic carbocycles. The van der Waals surface area contributed by atoms with E-state index in [0.29, 0.717) is 47.3 Å². The number of hydrogen-bond donors (Lipinski definition) is 0. The maximum Gasteiger partial charge on any atom is 0.336 e. The van der Waals surface area contributed by atoms with Crippen LogP contribution in [0.3, 0.4) is 0 Å². The molecule has 0 fully saturated rings. The highest BCUT2D eigenvalue weighted by Gasteiger charge is 2.32. The van der Waals surface area contributed by atoms with Gasteiger partial charge in [-0.1, -0.05) is 6.07 Å². The van der Waals surface area contributed by atoms with Crippen molar-refractivity contribution in [2.75, 3.05) is 34.2 Å². The second kappa shape index (κ2) is 10.9. The Morgan fingerprint density at radius 2 is 1.80 bits per heavy atom. The van der Waals surface area contributed by atoms with Gasteiger partial charge in [-0.3, -0.25) is 4.79 Å². The number of rotatable bonds is 7. The zero-order chi connectivity index (χ0) is 28.5. The molecule has 1 unspecified atom stereocenters. The molecule has 2 aliphatic heterocycles. The molecule has 0 saturated heterocycles. The maximum absolute atomic E-state index is 13.6. The van der Waals surface area contributed by atoms with E-state index in [1.165, 1.54) is 6.07 Å². The van der Waals surface area contributed by atoms with Crippen LogP contribution in [0.25, 0.3) is 17.0 Å². The number of methoxy groups -OCH3 is 2. The average Bonchev–Trinajstić information content (AvgIpc) is 3.45. The fourth-order valence-corrected chi connectivity index (χ4v) is 5.32. The molecule has 9 heteroatoms. The predicted molar refractivity (Wildman–Crippen MR) is 152 cm³/mol. The summed E-state index contributed by atoms with van der Waals surface area (Å²) in [5.41, 5.74) is 3.66. The van der Waals surface area contributed by atoms with Crippen molar-refractivity contribution >= 4 is 23.0 Å². The predicted octanol–water partition coefficient (Wildman–Crippen LogP) is 5.07. The van der Waals surface area contributed by atoms with Crippen molar-refractivity contribution in [2.24, 2.45) is 0 Å². The van der Waals surface area contributed by atoms with Crippen molar-refractivity contribution in [3.8, 4) is 28.7 Å². The molecular formula is C32H29NO8. The second-order valence-electron chi connectivity index (χ2n) is 9.87. The van der Waals surface area contributed by atoms with E-state index >= 15 is 0 Å². The Morgan fingerprint density at radius 1 is 1.00 bits per heavy atom. The van der Waals surface area contributed by atoms with Crippen LogP contribution >= 0.6 is 0 Å². The van der Waals surface area contributed by atoms with Gasteiger partial charge in [0.25, 0.3) is 0 Å². The molecule has 1 atom stereocenters. The Balaban J connectivity index is 1.30. The SMILES string of the molecule is COc1cc2c(cc1OC)C(COc1ccc3c(C)cc(=O)oc3c1)N(C(=O)/C=C/c1ccc3c(c1)OCO3)CC2. The Labute approximate surface area is 236 Å². The quantitative estimate of drug-likeness (QED) is 0.231. The standard InChI is InChI=1S/C32H29NO8/c1-19-12-32(35)41-27-15-22(6-7-23(19)27)38-17-25-24-16-29(37-3)28(36-2)14-21(24)10-11-33(25)31(34)9-5-20-4-8-26-30(13-20)40-18-39-26/h4-9,12-16,25H,10-11,17-18H2,1-3H3/b9-5+. The highest BCUT2D eigenvalue weighted by Crippen LogP contribution is 2.39. The largest absolute Gasteiger partial charge is 0.493 e. The Kier molecular flexibility index (Phi) is 7.01. The van der Waals surface area contributed by atoms with E-state index in [1.54, 1.807) is 37.3 Å². The van der Waals surface area contributed by atoms with Gasteiger partial charge >= 0.3 is 5.63 Å². The van der Waals surface area contributed by atoms with Crippen LogP contribution in [0.2, 0.25) is 0 Å². The highest BCUT2D eigenvalue weighted by molar-refractivity contribution is 5.92. The van der Waals surface area contributed by atoms with Crippen LogP contribution in [0.4, 0.5) is 0 Å². The van der Waals surface area contributed by atoms with Crippen LogP contribution in [-0.4, -0.2) is 45.0 Å². The zero-order valence-corrected chi connectivity index (χ0v) is 23.0. The molecule has 0 spiro atoms. The first kappa shape index (κ1) is 26.3. The van der Waals surface area contributed by atoms with Crippen LogP contribution in [0.5, 0.6) is 28.7 Å². The van der Waals surface area contributed by atoms with Gasteiger partial charge in [-0.05, 0) is 78.1 Å².